The standard InChI is InChI=1S/C46H70O17/c1-22-40(60-28(7)50)34(57-25(4)47)20-38(55-22)62-42-24(3)56-39(21-36(42)59-27(6)49)63-41-23(2)54-37(19-35(41)58-26(5)48)61-30-12-15-44(8)29(18-30)10-11-32-31(44)13-16-45(9)33(43(51)52)14-17-46(32,45)53/h22-24,29-42,53H,10-21H2,1-9H3,(H,51,52)/t22-,23-,24-,29-,30+,31+,32-,33-,34+,35+,36+,37+,38+,39+,40-,41-,42-,44+,45-,46+/m1/s1. The summed E-state index contributed by atoms with van der Waals surface area (Å²) in [6.45, 7) is 14.8. The lowest BCUT2D eigenvalue weighted by Gasteiger charge is -2.63. The number of carboxylic acid groups (broad SMARTS) is 1. The van der Waals surface area contributed by atoms with Gasteiger partial charge < -0.3 is 57.6 Å². The lowest BCUT2D eigenvalue weighted by atomic mass is 9.43. The van der Waals surface area contributed by atoms with Gasteiger partial charge in [-0.3, -0.25) is 24.0 Å². The lowest BCUT2D eigenvalue weighted by Crippen LogP contribution is -2.62. The molecule has 7 fully saturated rings. The number of aliphatic carboxylic acids is 1. The molecule has 0 aromatic heterocycles. The summed E-state index contributed by atoms with van der Waals surface area (Å²) in [7, 11) is 0. The summed E-state index contributed by atoms with van der Waals surface area (Å²) in [6, 6.07) is 0. The van der Waals surface area contributed by atoms with Crippen LogP contribution in [0.15, 0.2) is 0 Å². The van der Waals surface area contributed by atoms with Crippen LogP contribution in [0.5, 0.6) is 0 Å². The number of hydrogen-bond acceptors (Lipinski definition) is 16. The van der Waals surface area contributed by atoms with Crippen LogP contribution in [0.2, 0.25) is 0 Å². The van der Waals surface area contributed by atoms with Crippen molar-refractivity contribution in [2.75, 3.05) is 0 Å². The van der Waals surface area contributed by atoms with Crippen LogP contribution < -0.4 is 0 Å². The van der Waals surface area contributed by atoms with Crippen LogP contribution in [-0.4, -0.2) is 126 Å². The Labute approximate surface area is 370 Å². The normalized spacial score (nSPS) is 47.2. The third-order valence-corrected chi connectivity index (χ3v) is 16.2. The highest BCUT2D eigenvalue weighted by atomic mass is 16.8. The van der Waals surface area contributed by atoms with Gasteiger partial charge >= 0.3 is 29.8 Å². The first-order valence-electron chi connectivity index (χ1n) is 23.2. The van der Waals surface area contributed by atoms with E-state index in [0.717, 1.165) is 44.9 Å². The molecule has 63 heavy (non-hydrogen) atoms. The molecule has 0 amide bonds. The minimum Gasteiger partial charge on any atom is -0.481 e. The maximum absolute atomic E-state index is 12.5. The van der Waals surface area contributed by atoms with Gasteiger partial charge in [-0.25, -0.2) is 0 Å². The largest absolute Gasteiger partial charge is 0.481 e. The summed E-state index contributed by atoms with van der Waals surface area (Å²) in [5.41, 5.74) is -1.56. The minimum atomic E-state index is -0.965. The van der Waals surface area contributed by atoms with Gasteiger partial charge in [0.05, 0.1) is 35.9 Å². The summed E-state index contributed by atoms with van der Waals surface area (Å²) in [5.74, 6) is -2.65. The highest BCUT2D eigenvalue weighted by Gasteiger charge is 2.68. The van der Waals surface area contributed by atoms with E-state index in [1.54, 1.807) is 13.8 Å². The predicted octanol–water partition coefficient (Wildman–Crippen LogP) is 5.13. The van der Waals surface area contributed by atoms with Gasteiger partial charge in [-0.1, -0.05) is 13.8 Å². The quantitative estimate of drug-likeness (QED) is 0.156. The molecule has 3 aliphatic heterocycles. The van der Waals surface area contributed by atoms with Crippen LogP contribution in [0.4, 0.5) is 0 Å². The van der Waals surface area contributed by atoms with Crippen LogP contribution in [0.1, 0.15) is 139 Å². The molecule has 0 unspecified atom stereocenters. The summed E-state index contributed by atoms with van der Waals surface area (Å²) < 4.78 is 60.9. The van der Waals surface area contributed by atoms with Crippen LogP contribution in [0, 0.1) is 34.5 Å². The first-order chi connectivity index (χ1) is 29.6. The van der Waals surface area contributed by atoms with Crippen molar-refractivity contribution in [1.82, 2.24) is 0 Å². The molecule has 0 aromatic rings. The van der Waals surface area contributed by atoms with Crippen LogP contribution in [0.3, 0.4) is 0 Å². The number of carbonyl (C=O) groups is 5. The predicted molar refractivity (Wildman–Crippen MR) is 218 cm³/mol. The molecule has 356 valence electrons. The molecule has 7 aliphatic rings. The van der Waals surface area contributed by atoms with E-state index in [9.17, 15) is 34.2 Å². The van der Waals surface area contributed by atoms with Crippen LogP contribution in [0.25, 0.3) is 0 Å². The van der Waals surface area contributed by atoms with Gasteiger partial charge in [0, 0.05) is 52.4 Å². The van der Waals surface area contributed by atoms with Gasteiger partial charge in [0.15, 0.2) is 25.0 Å². The average molecular weight is 895 g/mol. The van der Waals surface area contributed by atoms with Gasteiger partial charge in [-0.15, -0.1) is 0 Å². The first kappa shape index (κ1) is 48.0. The number of carbonyl (C=O) groups excluding carboxylic acids is 4. The minimum absolute atomic E-state index is 0.00863. The topological polar surface area (TPSA) is 218 Å². The van der Waals surface area contributed by atoms with E-state index >= 15 is 0 Å². The SMILES string of the molecule is CC(=O)O[C@H]1[C@@H](OC(C)=O)C[C@H](O[C@H]2[C@@H](OC(C)=O)C[C@H](O[C@H]3[C@@H](OC(C)=O)C[C@H](O[C@H]4CC[C@@]5(C)[C@H](CC[C@@H]6[C@@H]5CC[C@]5(C)[C@@H](C(=O)O)CC[C@]65O)C4)O[C@@H]3C)O[C@@H]2C)O[C@@H]1C. The number of rotatable bonds is 11. The summed E-state index contributed by atoms with van der Waals surface area (Å²) in [6.07, 6.45) is -1.94. The van der Waals surface area contributed by atoms with Crippen LogP contribution >= 0.6 is 0 Å². The molecule has 0 radical (unpaired) electrons. The third-order valence-electron chi connectivity index (χ3n) is 16.2. The molecule has 0 spiro atoms. The molecule has 2 N–H and O–H groups in total. The summed E-state index contributed by atoms with van der Waals surface area (Å²) in [4.78, 5) is 60.8. The van der Waals surface area contributed by atoms with E-state index in [1.165, 1.54) is 27.7 Å². The smallest absolute Gasteiger partial charge is 0.307 e. The number of ether oxygens (including phenoxy) is 10. The van der Waals surface area contributed by atoms with E-state index in [1.807, 2.05) is 13.8 Å². The molecule has 4 saturated carbocycles. The van der Waals surface area contributed by atoms with E-state index in [-0.39, 0.29) is 36.7 Å². The Morgan fingerprint density at radius 2 is 1.02 bits per heavy atom. The summed E-state index contributed by atoms with van der Waals surface area (Å²) >= 11 is 0. The van der Waals surface area contributed by atoms with Gasteiger partial charge in [-0.05, 0) is 102 Å². The Balaban J connectivity index is 0.967. The van der Waals surface area contributed by atoms with E-state index in [4.69, 9.17) is 47.4 Å². The highest BCUT2D eigenvalue weighted by molar-refractivity contribution is 5.72. The number of hydrogen-bond donors (Lipinski definition) is 2. The van der Waals surface area contributed by atoms with E-state index < -0.39 is 121 Å². The molecule has 3 saturated heterocycles. The second-order valence-electron chi connectivity index (χ2n) is 20.1. The van der Waals surface area contributed by atoms with Crippen LogP contribution in [-0.2, 0) is 71.3 Å². The third kappa shape index (κ3) is 9.67. The maximum Gasteiger partial charge on any atom is 0.307 e. The molecule has 17 heteroatoms. The lowest BCUT2D eigenvalue weighted by molar-refractivity contribution is -0.337. The number of esters is 4. The van der Waals surface area contributed by atoms with Crippen molar-refractivity contribution in [3.05, 3.63) is 0 Å². The van der Waals surface area contributed by atoms with E-state index in [0.29, 0.717) is 24.7 Å². The zero-order valence-corrected chi connectivity index (χ0v) is 38.3. The summed E-state index contributed by atoms with van der Waals surface area (Å²) in [5, 5.41) is 22.3. The number of fused-ring (bicyclic) bond motifs is 5. The zero-order chi connectivity index (χ0) is 45.8. The van der Waals surface area contributed by atoms with Crippen molar-refractivity contribution in [2.24, 2.45) is 34.5 Å². The van der Waals surface area contributed by atoms with Gasteiger partial charge in [0.1, 0.15) is 30.5 Å². The average Bonchev–Trinajstić information content (AvgIpc) is 3.46. The number of aliphatic hydroxyl groups is 1. The molecule has 4 aliphatic carbocycles. The van der Waals surface area contributed by atoms with Crippen molar-refractivity contribution in [3.63, 3.8) is 0 Å². The fraction of sp³-hybridized carbons (Fsp3) is 0.891. The molecular weight excluding hydrogens is 824 g/mol. The molecule has 17 nitrogen and oxygen atoms in total. The number of carboxylic acids is 1. The fourth-order valence-corrected chi connectivity index (χ4v) is 13.3. The van der Waals surface area contributed by atoms with Crippen molar-refractivity contribution >= 4 is 29.8 Å². The maximum atomic E-state index is 12.5. The Morgan fingerprint density at radius 1 is 0.540 bits per heavy atom. The monoisotopic (exact) mass is 894 g/mol. The molecule has 20 atom stereocenters. The molecule has 0 bridgehead atoms. The van der Waals surface area contributed by atoms with Gasteiger partial charge in [0.2, 0.25) is 0 Å². The molecule has 3 heterocycles. The Bertz CT molecular complexity index is 1710. The van der Waals surface area contributed by atoms with Crippen molar-refractivity contribution in [3.8, 4) is 0 Å². The highest BCUT2D eigenvalue weighted by Crippen LogP contribution is 2.69. The first-order valence-corrected chi connectivity index (χ1v) is 23.2. The van der Waals surface area contributed by atoms with E-state index in [2.05, 4.69) is 6.92 Å². The Morgan fingerprint density at radius 3 is 1.51 bits per heavy atom. The van der Waals surface area contributed by atoms with Crippen molar-refractivity contribution in [2.45, 2.75) is 225 Å². The zero-order valence-electron chi connectivity index (χ0n) is 38.3. The second-order valence-corrected chi connectivity index (χ2v) is 20.1. The molecule has 0 aromatic carbocycles. The van der Waals surface area contributed by atoms with Gasteiger partial charge in [0.25, 0.3) is 0 Å². The molecule has 7 rings (SSSR count). The van der Waals surface area contributed by atoms with Crippen molar-refractivity contribution in [1.29, 1.82) is 0 Å². The van der Waals surface area contributed by atoms with Gasteiger partial charge in [-0.2, -0.15) is 0 Å². The van der Waals surface area contributed by atoms with Crippen molar-refractivity contribution < 1.29 is 81.6 Å². The molecular formula is C46H70O17. The second kappa shape index (κ2) is 18.8. The Kier molecular flexibility index (Phi) is 14.3. The Hall–Kier alpha value is -2.93. The fourth-order valence-electron chi connectivity index (χ4n) is 13.3.